The second-order valence-corrected chi connectivity index (χ2v) is 4.91. The Kier molecular flexibility index (Phi) is 8.20. The molecule has 1 atom stereocenters. The minimum absolute atomic E-state index is 0.214. The highest BCUT2D eigenvalue weighted by Gasteiger charge is 2.09. The molecule has 0 aliphatic heterocycles. The van der Waals surface area contributed by atoms with Crippen LogP contribution in [0, 0.1) is 0 Å². The molecule has 0 heterocycles. The van der Waals surface area contributed by atoms with Crippen LogP contribution in [0.2, 0.25) is 0 Å². The van der Waals surface area contributed by atoms with E-state index in [0.717, 1.165) is 17.3 Å². The monoisotopic (exact) mass is 316 g/mol. The van der Waals surface area contributed by atoms with Crippen molar-refractivity contribution in [2.24, 2.45) is 5.84 Å². The minimum atomic E-state index is 0.214. The van der Waals surface area contributed by atoms with Crippen LogP contribution in [0.1, 0.15) is 12.0 Å². The minimum Gasteiger partial charge on any atom is -0.382 e. The number of methoxy groups -OCH3 is 1. The van der Waals surface area contributed by atoms with Gasteiger partial charge in [-0.1, -0.05) is 34.1 Å². The summed E-state index contributed by atoms with van der Waals surface area (Å²) in [6, 6.07) is 8.39. The molecule has 0 aliphatic rings. The molecule has 18 heavy (non-hydrogen) atoms. The molecular weight excluding hydrogens is 296 g/mol. The zero-order chi connectivity index (χ0) is 13.2. The molecule has 0 amide bonds. The number of benzene rings is 1. The van der Waals surface area contributed by atoms with E-state index in [9.17, 15) is 0 Å². The number of hydrazine groups is 1. The molecule has 0 aromatic heterocycles. The third-order valence-corrected chi connectivity index (χ3v) is 3.48. The molecule has 5 heteroatoms. The van der Waals surface area contributed by atoms with Crippen molar-refractivity contribution in [3.8, 4) is 0 Å². The highest BCUT2D eigenvalue weighted by atomic mass is 79.9. The lowest BCUT2D eigenvalue weighted by Crippen LogP contribution is -2.37. The Morgan fingerprint density at radius 3 is 2.72 bits per heavy atom. The quantitative estimate of drug-likeness (QED) is 0.415. The topological polar surface area (TPSA) is 56.5 Å². The van der Waals surface area contributed by atoms with Crippen LogP contribution in [0.3, 0.4) is 0 Å². The summed E-state index contributed by atoms with van der Waals surface area (Å²) in [5, 5.41) is 0. The van der Waals surface area contributed by atoms with Crippen LogP contribution in [-0.4, -0.2) is 33.0 Å². The summed E-state index contributed by atoms with van der Waals surface area (Å²) in [6.45, 7) is 1.94. The fourth-order valence-electron chi connectivity index (χ4n) is 1.64. The van der Waals surface area contributed by atoms with Gasteiger partial charge >= 0.3 is 0 Å². The average molecular weight is 317 g/mol. The summed E-state index contributed by atoms with van der Waals surface area (Å²) >= 11 is 3.54. The third kappa shape index (κ3) is 5.93. The lowest BCUT2D eigenvalue weighted by Gasteiger charge is -2.16. The van der Waals surface area contributed by atoms with Gasteiger partial charge < -0.3 is 9.47 Å². The largest absolute Gasteiger partial charge is 0.382 e. The van der Waals surface area contributed by atoms with Crippen molar-refractivity contribution in [2.75, 3.05) is 26.9 Å². The van der Waals surface area contributed by atoms with Crippen molar-refractivity contribution < 1.29 is 9.47 Å². The maximum Gasteiger partial charge on any atom is 0.0700 e. The van der Waals surface area contributed by atoms with E-state index in [1.54, 1.807) is 7.11 Å². The fourth-order valence-corrected chi connectivity index (χ4v) is 2.09. The van der Waals surface area contributed by atoms with Crippen molar-refractivity contribution in [1.29, 1.82) is 0 Å². The second-order valence-electron chi connectivity index (χ2n) is 4.05. The Bertz CT molecular complexity index is 337. The summed E-state index contributed by atoms with van der Waals surface area (Å²) in [4.78, 5) is 0. The number of hydrogen-bond acceptors (Lipinski definition) is 4. The molecule has 1 aromatic carbocycles. The normalized spacial score (nSPS) is 12.6. The van der Waals surface area contributed by atoms with Gasteiger partial charge in [-0.3, -0.25) is 11.3 Å². The maximum atomic E-state index is 5.57. The van der Waals surface area contributed by atoms with Gasteiger partial charge in [0.05, 0.1) is 13.2 Å². The molecule has 4 nitrogen and oxygen atoms in total. The molecule has 0 aliphatic carbocycles. The molecule has 1 unspecified atom stereocenters. The SMILES string of the molecule is COCCOCCC(Cc1ccccc1Br)NN. The molecule has 3 N–H and O–H groups in total. The molecule has 0 radical (unpaired) electrons. The predicted octanol–water partition coefficient (Wildman–Crippen LogP) is 1.88. The lowest BCUT2D eigenvalue weighted by atomic mass is 10.0. The van der Waals surface area contributed by atoms with Crippen molar-refractivity contribution in [1.82, 2.24) is 5.43 Å². The zero-order valence-electron chi connectivity index (χ0n) is 10.7. The Hall–Kier alpha value is -0.460. The van der Waals surface area contributed by atoms with Crippen molar-refractivity contribution in [2.45, 2.75) is 18.9 Å². The zero-order valence-corrected chi connectivity index (χ0v) is 12.3. The first kappa shape index (κ1) is 15.6. The summed E-state index contributed by atoms with van der Waals surface area (Å²) < 4.78 is 11.5. The Morgan fingerprint density at radius 2 is 2.06 bits per heavy atom. The van der Waals surface area contributed by atoms with Gasteiger partial charge in [-0.2, -0.15) is 0 Å². The molecule has 0 fully saturated rings. The highest BCUT2D eigenvalue weighted by molar-refractivity contribution is 9.10. The molecule has 0 saturated heterocycles. The molecule has 1 rings (SSSR count). The summed E-state index contributed by atoms with van der Waals surface area (Å²) in [5.41, 5.74) is 4.08. The average Bonchev–Trinajstić information content (AvgIpc) is 2.39. The van der Waals surface area contributed by atoms with Crippen molar-refractivity contribution in [3.05, 3.63) is 34.3 Å². The number of ether oxygens (including phenoxy) is 2. The van der Waals surface area contributed by atoms with E-state index in [2.05, 4.69) is 27.4 Å². The first-order chi connectivity index (χ1) is 8.77. The smallest absolute Gasteiger partial charge is 0.0700 e. The Balaban J connectivity index is 2.31. The molecule has 0 spiro atoms. The van der Waals surface area contributed by atoms with Crippen LogP contribution in [-0.2, 0) is 15.9 Å². The standard InChI is InChI=1S/C13H21BrN2O2/c1-17-8-9-18-7-6-12(16-15)10-11-4-2-3-5-13(11)14/h2-5,12,16H,6-10,15H2,1H3. The van der Waals surface area contributed by atoms with Crippen LogP contribution in [0.4, 0.5) is 0 Å². The van der Waals surface area contributed by atoms with Gasteiger partial charge in [0, 0.05) is 24.2 Å². The number of nitrogens with one attached hydrogen (secondary N) is 1. The van der Waals surface area contributed by atoms with E-state index in [4.69, 9.17) is 15.3 Å². The number of rotatable bonds is 9. The van der Waals surface area contributed by atoms with E-state index >= 15 is 0 Å². The fraction of sp³-hybridized carbons (Fsp3) is 0.538. The Morgan fingerprint density at radius 1 is 1.28 bits per heavy atom. The molecule has 0 saturated carbocycles. The van der Waals surface area contributed by atoms with Crippen LogP contribution >= 0.6 is 15.9 Å². The maximum absolute atomic E-state index is 5.57. The predicted molar refractivity (Wildman–Crippen MR) is 76.3 cm³/mol. The van der Waals surface area contributed by atoms with Gasteiger partial charge in [0.2, 0.25) is 0 Å². The van der Waals surface area contributed by atoms with E-state index in [1.807, 2.05) is 18.2 Å². The van der Waals surface area contributed by atoms with E-state index in [0.29, 0.717) is 19.8 Å². The van der Waals surface area contributed by atoms with Crippen LogP contribution < -0.4 is 11.3 Å². The van der Waals surface area contributed by atoms with Gasteiger partial charge in [0.1, 0.15) is 0 Å². The summed E-state index contributed by atoms with van der Waals surface area (Å²) in [7, 11) is 1.67. The molecule has 102 valence electrons. The van der Waals surface area contributed by atoms with E-state index < -0.39 is 0 Å². The van der Waals surface area contributed by atoms with Gasteiger partial charge in [0.15, 0.2) is 0 Å². The van der Waals surface area contributed by atoms with Crippen LogP contribution in [0.15, 0.2) is 28.7 Å². The lowest BCUT2D eigenvalue weighted by molar-refractivity contribution is 0.0658. The third-order valence-electron chi connectivity index (χ3n) is 2.70. The number of nitrogens with two attached hydrogens (primary N) is 1. The Labute approximate surface area is 117 Å². The first-order valence-corrected chi connectivity index (χ1v) is 6.83. The van der Waals surface area contributed by atoms with E-state index in [1.165, 1.54) is 5.56 Å². The van der Waals surface area contributed by atoms with Gasteiger partial charge in [-0.15, -0.1) is 0 Å². The van der Waals surface area contributed by atoms with Crippen LogP contribution in [0.5, 0.6) is 0 Å². The summed E-state index contributed by atoms with van der Waals surface area (Å²) in [5.74, 6) is 5.57. The van der Waals surface area contributed by atoms with Gasteiger partial charge in [-0.25, -0.2) is 0 Å². The first-order valence-electron chi connectivity index (χ1n) is 6.04. The molecule has 1 aromatic rings. The van der Waals surface area contributed by atoms with Crippen molar-refractivity contribution >= 4 is 15.9 Å². The van der Waals surface area contributed by atoms with Gasteiger partial charge in [0.25, 0.3) is 0 Å². The number of hydrogen-bond donors (Lipinski definition) is 2. The van der Waals surface area contributed by atoms with Gasteiger partial charge in [-0.05, 0) is 24.5 Å². The highest BCUT2D eigenvalue weighted by Crippen LogP contribution is 2.18. The van der Waals surface area contributed by atoms with Crippen LogP contribution in [0.25, 0.3) is 0 Å². The molecule has 0 bridgehead atoms. The summed E-state index contributed by atoms with van der Waals surface area (Å²) in [6.07, 6.45) is 1.76. The van der Waals surface area contributed by atoms with Crippen molar-refractivity contribution in [3.63, 3.8) is 0 Å². The molecular formula is C13H21BrN2O2. The van der Waals surface area contributed by atoms with E-state index in [-0.39, 0.29) is 6.04 Å². The second kappa shape index (κ2) is 9.47. The number of halogens is 1.